The maximum Gasteiger partial charge on any atom is 0.275 e. The molecule has 0 aliphatic rings. The van der Waals surface area contributed by atoms with Gasteiger partial charge in [0.15, 0.2) is 6.10 Å². The predicted molar refractivity (Wildman–Crippen MR) is 132 cm³/mol. The third kappa shape index (κ3) is 5.99. The van der Waals surface area contributed by atoms with Crippen LogP contribution in [-0.2, 0) is 17.8 Å². The third-order valence-corrected chi connectivity index (χ3v) is 5.77. The largest absolute Gasteiger partial charge is 0.487 e. The fourth-order valence-electron chi connectivity index (χ4n) is 3.22. The molecule has 0 bridgehead atoms. The number of anilines is 1. The van der Waals surface area contributed by atoms with Crippen molar-refractivity contribution >= 4 is 27.9 Å². The Kier molecular flexibility index (Phi) is 7.22. The summed E-state index contributed by atoms with van der Waals surface area (Å²) in [5.74, 6) is 1.34. The Hall–Kier alpha value is -3.72. The molecule has 2 aromatic heterocycles. The van der Waals surface area contributed by atoms with Crippen molar-refractivity contribution in [1.82, 2.24) is 14.6 Å². The monoisotopic (exact) mass is 478 g/mol. The number of para-hydroxylation sites is 1. The molecule has 9 heteroatoms. The lowest BCUT2D eigenvalue weighted by Gasteiger charge is -2.15. The average molecular weight is 479 g/mol. The number of benzene rings is 2. The Morgan fingerprint density at radius 1 is 1.06 bits per heavy atom. The van der Waals surface area contributed by atoms with Crippen LogP contribution in [0.25, 0.3) is 4.96 Å². The molecule has 0 radical (unpaired) electrons. The number of ether oxygens (including phenoxy) is 2. The number of hydrogen-bond acceptors (Lipinski definition) is 7. The van der Waals surface area contributed by atoms with Gasteiger partial charge in [-0.1, -0.05) is 49.4 Å². The topological polar surface area (TPSA) is 94.8 Å². The summed E-state index contributed by atoms with van der Waals surface area (Å²) in [6, 6.07) is 17.6. The van der Waals surface area contributed by atoms with Gasteiger partial charge in [0.05, 0.1) is 5.69 Å². The minimum atomic E-state index is -0.670. The molecular formula is C25H26N4O4S. The van der Waals surface area contributed by atoms with E-state index in [0.29, 0.717) is 33.8 Å². The van der Waals surface area contributed by atoms with Gasteiger partial charge in [0.1, 0.15) is 23.1 Å². The van der Waals surface area contributed by atoms with Crippen LogP contribution in [0.2, 0.25) is 0 Å². The second-order valence-corrected chi connectivity index (χ2v) is 9.29. The van der Waals surface area contributed by atoms with Crippen molar-refractivity contribution in [2.45, 2.75) is 39.9 Å². The van der Waals surface area contributed by atoms with Crippen LogP contribution < -0.4 is 20.3 Å². The summed E-state index contributed by atoms with van der Waals surface area (Å²) >= 11 is 1.41. The molecule has 2 aromatic carbocycles. The van der Waals surface area contributed by atoms with Crippen molar-refractivity contribution in [2.75, 3.05) is 5.32 Å². The van der Waals surface area contributed by atoms with Crippen LogP contribution in [0, 0.1) is 5.92 Å². The van der Waals surface area contributed by atoms with Gasteiger partial charge in [0, 0.05) is 24.2 Å². The van der Waals surface area contributed by atoms with Gasteiger partial charge in [-0.3, -0.25) is 9.59 Å². The molecule has 8 nitrogen and oxygen atoms in total. The molecule has 0 unspecified atom stereocenters. The first-order valence-corrected chi connectivity index (χ1v) is 11.8. The van der Waals surface area contributed by atoms with E-state index in [-0.39, 0.29) is 18.1 Å². The molecule has 4 rings (SSSR count). The lowest BCUT2D eigenvalue weighted by atomic mass is 10.1. The van der Waals surface area contributed by atoms with Crippen LogP contribution in [0.3, 0.4) is 0 Å². The van der Waals surface area contributed by atoms with E-state index in [4.69, 9.17) is 9.47 Å². The van der Waals surface area contributed by atoms with Crippen molar-refractivity contribution in [3.05, 3.63) is 81.7 Å². The molecule has 0 saturated heterocycles. The molecule has 0 fully saturated rings. The standard InChI is InChI=1S/C25H26N4O4S/c1-16(2)12-22-28-29-23(30)14-19(27-25(29)34-22)15-32-21-11-7-8-18(13-21)26-24(31)17(3)33-20-9-5-4-6-10-20/h4-11,13-14,16-17H,12,15H2,1-3H3,(H,26,31)/t17-/m1/s1. The minimum Gasteiger partial charge on any atom is -0.487 e. The Morgan fingerprint density at radius 3 is 2.59 bits per heavy atom. The summed E-state index contributed by atoms with van der Waals surface area (Å²) in [7, 11) is 0. The van der Waals surface area contributed by atoms with E-state index < -0.39 is 6.10 Å². The van der Waals surface area contributed by atoms with E-state index >= 15 is 0 Å². The van der Waals surface area contributed by atoms with Crippen LogP contribution in [0.15, 0.2) is 65.5 Å². The summed E-state index contributed by atoms with van der Waals surface area (Å²) < 4.78 is 12.8. The molecule has 0 aliphatic heterocycles. The SMILES string of the molecule is CC(C)Cc1nn2c(=O)cc(COc3cccc(NC(=O)[C@@H](C)Oc4ccccc4)c3)nc2s1. The smallest absolute Gasteiger partial charge is 0.275 e. The fourth-order valence-corrected chi connectivity index (χ4v) is 4.35. The highest BCUT2D eigenvalue weighted by Crippen LogP contribution is 2.20. The molecule has 34 heavy (non-hydrogen) atoms. The Balaban J connectivity index is 1.39. The van der Waals surface area contributed by atoms with E-state index in [1.807, 2.05) is 18.2 Å². The second-order valence-electron chi connectivity index (χ2n) is 8.25. The molecule has 0 aliphatic carbocycles. The third-order valence-electron chi connectivity index (χ3n) is 4.84. The molecule has 176 valence electrons. The highest BCUT2D eigenvalue weighted by atomic mass is 32.1. The number of carbonyl (C=O) groups excluding carboxylic acids is 1. The first-order chi connectivity index (χ1) is 16.4. The van der Waals surface area contributed by atoms with Crippen molar-refractivity contribution < 1.29 is 14.3 Å². The van der Waals surface area contributed by atoms with Gasteiger partial charge in [-0.05, 0) is 37.1 Å². The lowest BCUT2D eigenvalue weighted by molar-refractivity contribution is -0.122. The Bertz CT molecular complexity index is 1330. The van der Waals surface area contributed by atoms with E-state index in [9.17, 15) is 9.59 Å². The zero-order valence-electron chi connectivity index (χ0n) is 19.2. The number of nitrogens with one attached hydrogen (secondary N) is 1. The fraction of sp³-hybridized carbons (Fsp3) is 0.280. The van der Waals surface area contributed by atoms with Gasteiger partial charge in [-0.2, -0.15) is 9.61 Å². The number of aromatic nitrogens is 3. The van der Waals surface area contributed by atoms with Gasteiger partial charge in [-0.15, -0.1) is 0 Å². The van der Waals surface area contributed by atoms with Crippen molar-refractivity contribution in [3.8, 4) is 11.5 Å². The number of fused-ring (bicyclic) bond motifs is 1. The molecule has 1 N–H and O–H groups in total. The molecule has 0 saturated carbocycles. The van der Waals surface area contributed by atoms with E-state index in [1.165, 1.54) is 21.9 Å². The van der Waals surface area contributed by atoms with Gasteiger partial charge in [0.25, 0.3) is 11.5 Å². The Morgan fingerprint density at radius 2 is 1.82 bits per heavy atom. The zero-order valence-corrected chi connectivity index (χ0v) is 20.0. The lowest BCUT2D eigenvalue weighted by Crippen LogP contribution is -2.30. The van der Waals surface area contributed by atoms with Crippen LogP contribution in [0.4, 0.5) is 5.69 Å². The van der Waals surface area contributed by atoms with E-state index in [2.05, 4.69) is 29.2 Å². The van der Waals surface area contributed by atoms with Crippen molar-refractivity contribution in [3.63, 3.8) is 0 Å². The maximum atomic E-state index is 12.5. The van der Waals surface area contributed by atoms with Crippen LogP contribution in [0.1, 0.15) is 31.5 Å². The van der Waals surface area contributed by atoms with E-state index in [0.717, 1.165) is 11.4 Å². The average Bonchev–Trinajstić information content (AvgIpc) is 3.21. The number of hydrogen-bond donors (Lipinski definition) is 1. The van der Waals surface area contributed by atoms with Crippen LogP contribution >= 0.6 is 11.3 Å². The quantitative estimate of drug-likeness (QED) is 0.385. The summed E-state index contributed by atoms with van der Waals surface area (Å²) in [5.41, 5.74) is 0.864. The van der Waals surface area contributed by atoms with Crippen LogP contribution in [0.5, 0.6) is 11.5 Å². The number of amides is 1. The molecular weight excluding hydrogens is 452 g/mol. The molecule has 2 heterocycles. The highest BCUT2D eigenvalue weighted by Gasteiger charge is 2.15. The molecule has 1 amide bonds. The van der Waals surface area contributed by atoms with Gasteiger partial charge >= 0.3 is 0 Å². The van der Waals surface area contributed by atoms with Gasteiger partial charge in [-0.25, -0.2) is 4.98 Å². The normalized spacial score (nSPS) is 12.0. The van der Waals surface area contributed by atoms with Crippen molar-refractivity contribution in [2.24, 2.45) is 5.92 Å². The molecule has 0 spiro atoms. The second kappa shape index (κ2) is 10.5. The highest BCUT2D eigenvalue weighted by molar-refractivity contribution is 7.16. The summed E-state index contributed by atoms with van der Waals surface area (Å²) in [4.78, 5) is 30.0. The van der Waals surface area contributed by atoms with Gasteiger partial charge in [0.2, 0.25) is 4.96 Å². The predicted octanol–water partition coefficient (Wildman–Crippen LogP) is 4.33. The Labute approximate surface area is 201 Å². The number of rotatable bonds is 9. The zero-order chi connectivity index (χ0) is 24.1. The van der Waals surface area contributed by atoms with E-state index in [1.54, 1.807) is 43.3 Å². The summed E-state index contributed by atoms with van der Waals surface area (Å²) in [6.07, 6.45) is 0.128. The minimum absolute atomic E-state index is 0.119. The first kappa shape index (κ1) is 23.4. The summed E-state index contributed by atoms with van der Waals surface area (Å²) in [6.45, 7) is 6.02. The molecule has 4 aromatic rings. The van der Waals surface area contributed by atoms with Crippen molar-refractivity contribution in [1.29, 1.82) is 0 Å². The molecule has 1 atom stereocenters. The van der Waals surface area contributed by atoms with Crippen LogP contribution in [-0.4, -0.2) is 26.6 Å². The first-order valence-electron chi connectivity index (χ1n) is 11.0. The summed E-state index contributed by atoms with van der Waals surface area (Å²) in [5, 5.41) is 8.07. The maximum absolute atomic E-state index is 12.5. The number of nitrogens with zero attached hydrogens (tertiary/aromatic N) is 3. The van der Waals surface area contributed by atoms with Gasteiger partial charge < -0.3 is 14.8 Å². The number of carbonyl (C=O) groups is 1.